The Morgan fingerprint density at radius 1 is 1.35 bits per heavy atom. The van der Waals surface area contributed by atoms with E-state index < -0.39 is 0 Å². The van der Waals surface area contributed by atoms with Crippen LogP contribution in [0.3, 0.4) is 0 Å². The molecule has 0 fully saturated rings. The van der Waals surface area contributed by atoms with Crippen LogP contribution >= 0.6 is 34.9 Å². The summed E-state index contributed by atoms with van der Waals surface area (Å²) < 4.78 is 2.09. The normalized spacial score (nSPS) is 11.1. The molecule has 3 rings (SSSR count). The Morgan fingerprint density at radius 3 is 3.00 bits per heavy atom. The van der Waals surface area contributed by atoms with Gasteiger partial charge in [-0.3, -0.25) is 9.36 Å². The second kappa shape index (κ2) is 4.21. The number of thiophene rings is 2. The van der Waals surface area contributed by atoms with Crippen LogP contribution in [0.1, 0.15) is 5.56 Å². The quantitative estimate of drug-likeness (QED) is 0.732. The van der Waals surface area contributed by atoms with E-state index in [1.165, 1.54) is 11.3 Å². The summed E-state index contributed by atoms with van der Waals surface area (Å²) in [5.41, 5.74) is 1.09. The molecule has 86 valence electrons. The van der Waals surface area contributed by atoms with Crippen LogP contribution in [0.5, 0.6) is 0 Å². The average Bonchev–Trinajstić information content (AvgIpc) is 2.94. The molecule has 0 bridgehead atoms. The molecule has 6 heteroatoms. The maximum absolute atomic E-state index is 12.2. The molecule has 3 aromatic heterocycles. The monoisotopic (exact) mass is 280 g/mol. The first kappa shape index (κ1) is 10.9. The largest absolute Gasteiger partial charge is 0.323 e. The van der Waals surface area contributed by atoms with Crippen LogP contribution in [-0.2, 0) is 6.54 Å². The van der Waals surface area contributed by atoms with Crippen molar-refractivity contribution in [2.45, 2.75) is 6.54 Å². The van der Waals surface area contributed by atoms with Gasteiger partial charge in [0.15, 0.2) is 4.77 Å². The number of nitrogens with one attached hydrogen (secondary N) is 1. The van der Waals surface area contributed by atoms with E-state index in [0.29, 0.717) is 16.7 Å². The maximum Gasteiger partial charge on any atom is 0.263 e. The zero-order chi connectivity index (χ0) is 11.8. The van der Waals surface area contributed by atoms with Crippen LogP contribution < -0.4 is 5.56 Å². The van der Waals surface area contributed by atoms with Gasteiger partial charge < -0.3 is 4.98 Å². The van der Waals surface area contributed by atoms with Crippen LogP contribution in [0.4, 0.5) is 0 Å². The van der Waals surface area contributed by atoms with Crippen molar-refractivity contribution in [2.75, 3.05) is 0 Å². The summed E-state index contributed by atoms with van der Waals surface area (Å²) >= 11 is 8.34. The van der Waals surface area contributed by atoms with Gasteiger partial charge >= 0.3 is 0 Å². The molecule has 17 heavy (non-hydrogen) atoms. The summed E-state index contributed by atoms with van der Waals surface area (Å²) in [7, 11) is 0. The third-order valence-corrected chi connectivity index (χ3v) is 4.41. The maximum atomic E-state index is 12.2. The molecule has 0 aliphatic rings. The summed E-state index contributed by atoms with van der Waals surface area (Å²) in [6.07, 6.45) is 0. The van der Waals surface area contributed by atoms with Crippen molar-refractivity contribution >= 4 is 45.1 Å². The minimum atomic E-state index is -0.0174. The first-order valence-electron chi connectivity index (χ1n) is 4.97. The van der Waals surface area contributed by atoms with Gasteiger partial charge in [-0.2, -0.15) is 11.3 Å². The molecule has 0 aromatic carbocycles. The number of hydrogen-bond donors (Lipinski definition) is 1. The standard InChI is InChI=1S/C11H8N2OS3/c14-10-8-2-4-17-9(8)12-11(15)13(10)5-7-1-3-16-6-7/h1-4,6H,5H2,(H,12,15). The highest BCUT2D eigenvalue weighted by Crippen LogP contribution is 2.15. The van der Waals surface area contributed by atoms with E-state index in [4.69, 9.17) is 12.2 Å². The van der Waals surface area contributed by atoms with E-state index >= 15 is 0 Å². The molecule has 0 saturated heterocycles. The van der Waals surface area contributed by atoms with Crippen molar-refractivity contribution < 1.29 is 0 Å². The third kappa shape index (κ3) is 1.88. The van der Waals surface area contributed by atoms with E-state index in [9.17, 15) is 4.79 Å². The van der Waals surface area contributed by atoms with Crippen molar-refractivity contribution in [3.05, 3.63) is 49.0 Å². The minimum absolute atomic E-state index is 0.0174. The molecule has 1 N–H and O–H groups in total. The second-order valence-corrected chi connectivity index (χ2v) is 5.70. The molecule has 0 unspecified atom stereocenters. The predicted molar refractivity (Wildman–Crippen MR) is 74.7 cm³/mol. The number of fused-ring (bicyclic) bond motifs is 1. The Morgan fingerprint density at radius 2 is 2.24 bits per heavy atom. The van der Waals surface area contributed by atoms with Gasteiger partial charge in [-0.1, -0.05) is 0 Å². The van der Waals surface area contributed by atoms with Crippen LogP contribution in [0.25, 0.3) is 10.2 Å². The fourth-order valence-corrected chi connectivity index (χ4v) is 3.44. The van der Waals surface area contributed by atoms with E-state index in [-0.39, 0.29) is 5.56 Å². The molecule has 3 heterocycles. The lowest BCUT2D eigenvalue weighted by atomic mass is 10.3. The molecule has 3 nitrogen and oxygen atoms in total. The fraction of sp³-hybridized carbons (Fsp3) is 0.0909. The summed E-state index contributed by atoms with van der Waals surface area (Å²) in [6.45, 7) is 0.531. The second-order valence-electron chi connectivity index (χ2n) is 3.62. The van der Waals surface area contributed by atoms with Crippen molar-refractivity contribution in [3.63, 3.8) is 0 Å². The first-order valence-corrected chi connectivity index (χ1v) is 7.20. The van der Waals surface area contributed by atoms with Crippen molar-refractivity contribution in [2.24, 2.45) is 0 Å². The number of H-pyrrole nitrogens is 1. The minimum Gasteiger partial charge on any atom is -0.323 e. The molecular formula is C11H8N2OS3. The Bertz CT molecular complexity index is 764. The third-order valence-electron chi connectivity index (χ3n) is 2.53. The van der Waals surface area contributed by atoms with Crippen molar-refractivity contribution in [1.29, 1.82) is 0 Å². The zero-order valence-electron chi connectivity index (χ0n) is 8.67. The highest BCUT2D eigenvalue weighted by molar-refractivity contribution is 7.71. The summed E-state index contributed by atoms with van der Waals surface area (Å²) in [5, 5.41) is 6.63. The Hall–Kier alpha value is -1.24. The highest BCUT2D eigenvalue weighted by Gasteiger charge is 2.06. The Kier molecular flexibility index (Phi) is 2.70. The van der Waals surface area contributed by atoms with Gasteiger partial charge in [0.2, 0.25) is 0 Å². The molecule has 0 amide bonds. The van der Waals surface area contributed by atoms with Crippen LogP contribution in [0.15, 0.2) is 33.1 Å². The van der Waals surface area contributed by atoms with Crippen molar-refractivity contribution in [1.82, 2.24) is 9.55 Å². The van der Waals surface area contributed by atoms with Gasteiger partial charge in [0.25, 0.3) is 5.56 Å². The summed E-state index contributed by atoms with van der Waals surface area (Å²) in [6, 6.07) is 3.83. The molecule has 0 atom stereocenters. The van der Waals surface area contributed by atoms with Crippen LogP contribution in [-0.4, -0.2) is 9.55 Å². The topological polar surface area (TPSA) is 37.8 Å². The van der Waals surface area contributed by atoms with Crippen LogP contribution in [0, 0.1) is 4.77 Å². The zero-order valence-corrected chi connectivity index (χ0v) is 11.1. The number of hydrogen-bond acceptors (Lipinski definition) is 4. The van der Waals surface area contributed by atoms with Gasteiger partial charge in [0.05, 0.1) is 11.9 Å². The fourth-order valence-electron chi connectivity index (χ4n) is 1.69. The lowest BCUT2D eigenvalue weighted by molar-refractivity contribution is 0.737. The lowest BCUT2D eigenvalue weighted by Crippen LogP contribution is -2.21. The summed E-state index contributed by atoms with van der Waals surface area (Å²) in [5.74, 6) is 0. The first-order chi connectivity index (χ1) is 8.25. The molecular weight excluding hydrogens is 272 g/mol. The summed E-state index contributed by atoms with van der Waals surface area (Å²) in [4.78, 5) is 16.2. The van der Waals surface area contributed by atoms with E-state index in [1.807, 2.05) is 28.3 Å². The SMILES string of the molecule is O=c1c2ccsc2[nH]c(=S)n1Cc1ccsc1. The molecule has 0 radical (unpaired) electrons. The molecule has 0 aliphatic heterocycles. The van der Waals surface area contributed by atoms with Gasteiger partial charge in [-0.15, -0.1) is 11.3 Å². The number of aromatic amines is 1. The molecule has 0 spiro atoms. The number of aromatic nitrogens is 2. The van der Waals surface area contributed by atoms with Gasteiger partial charge in [-0.05, 0) is 46.1 Å². The van der Waals surface area contributed by atoms with Crippen LogP contribution in [0.2, 0.25) is 0 Å². The average molecular weight is 280 g/mol. The van der Waals surface area contributed by atoms with E-state index in [1.54, 1.807) is 15.9 Å². The number of nitrogens with zero attached hydrogens (tertiary/aromatic N) is 1. The lowest BCUT2D eigenvalue weighted by Gasteiger charge is -2.04. The van der Waals surface area contributed by atoms with Crippen molar-refractivity contribution in [3.8, 4) is 0 Å². The number of rotatable bonds is 2. The Labute approximate surface area is 110 Å². The van der Waals surface area contributed by atoms with Gasteiger partial charge in [0.1, 0.15) is 4.83 Å². The predicted octanol–water partition coefficient (Wildman–Crippen LogP) is 3.23. The Balaban J connectivity index is 2.22. The molecule has 0 saturated carbocycles. The molecule has 0 aliphatic carbocycles. The van der Waals surface area contributed by atoms with E-state index in [2.05, 4.69) is 4.98 Å². The van der Waals surface area contributed by atoms with Gasteiger partial charge in [-0.25, -0.2) is 0 Å². The van der Waals surface area contributed by atoms with E-state index in [0.717, 1.165) is 10.4 Å². The van der Waals surface area contributed by atoms with Gasteiger partial charge in [0, 0.05) is 0 Å². The molecule has 3 aromatic rings. The smallest absolute Gasteiger partial charge is 0.263 e. The highest BCUT2D eigenvalue weighted by atomic mass is 32.1.